The van der Waals surface area contributed by atoms with Gasteiger partial charge < -0.3 is 9.84 Å². The molecule has 2 heteroatoms. The molecule has 0 saturated heterocycles. The maximum Gasteiger partial charge on any atom is 0.0635 e. The van der Waals surface area contributed by atoms with Gasteiger partial charge in [0, 0.05) is 12.5 Å². The molecule has 0 aromatic rings. The quantitative estimate of drug-likeness (QED) is 0.775. The summed E-state index contributed by atoms with van der Waals surface area (Å²) in [6, 6.07) is 0. The maximum absolute atomic E-state index is 10.3. The van der Waals surface area contributed by atoms with E-state index in [4.69, 9.17) is 4.74 Å². The summed E-state index contributed by atoms with van der Waals surface area (Å²) in [4.78, 5) is 0. The fourth-order valence-corrected chi connectivity index (χ4v) is 5.84. The molecule has 3 aliphatic rings. The van der Waals surface area contributed by atoms with Gasteiger partial charge in [-0.05, 0) is 55.3 Å². The highest BCUT2D eigenvalue weighted by Crippen LogP contribution is 2.69. The van der Waals surface area contributed by atoms with Gasteiger partial charge in [-0.1, -0.05) is 20.8 Å². The van der Waals surface area contributed by atoms with Crippen LogP contribution in [0.25, 0.3) is 0 Å². The van der Waals surface area contributed by atoms with Crippen molar-refractivity contribution >= 4 is 0 Å². The second kappa shape index (κ2) is 3.73. The summed E-state index contributed by atoms with van der Waals surface area (Å²) in [7, 11) is 1.88. The van der Waals surface area contributed by atoms with Crippen LogP contribution in [0.15, 0.2) is 0 Å². The molecule has 0 unspecified atom stereocenters. The predicted octanol–water partition coefficient (Wildman–Crippen LogP) is 3.38. The molecular weight excluding hydrogens is 224 g/mol. The fraction of sp³-hybridized carbons (Fsp3) is 1.00. The maximum atomic E-state index is 10.3. The van der Waals surface area contributed by atoms with Crippen LogP contribution < -0.4 is 0 Å². The van der Waals surface area contributed by atoms with Crippen LogP contribution >= 0.6 is 0 Å². The molecule has 3 aliphatic carbocycles. The van der Waals surface area contributed by atoms with Crippen molar-refractivity contribution in [2.24, 2.45) is 22.2 Å². The highest BCUT2D eigenvalue weighted by Gasteiger charge is 2.64. The van der Waals surface area contributed by atoms with E-state index in [0.717, 1.165) is 18.8 Å². The second-order valence-electron chi connectivity index (χ2n) is 8.13. The summed E-state index contributed by atoms with van der Waals surface area (Å²) in [6.45, 7) is 7.14. The van der Waals surface area contributed by atoms with E-state index in [2.05, 4.69) is 20.8 Å². The Morgan fingerprint density at radius 2 is 1.83 bits per heavy atom. The zero-order valence-electron chi connectivity index (χ0n) is 12.3. The normalized spacial score (nSPS) is 54.2. The van der Waals surface area contributed by atoms with E-state index >= 15 is 0 Å². The molecule has 0 amide bonds. The number of fused-ring (bicyclic) bond motifs is 1. The van der Waals surface area contributed by atoms with Gasteiger partial charge in [0.05, 0.1) is 12.2 Å². The largest absolute Gasteiger partial charge is 0.393 e. The van der Waals surface area contributed by atoms with Crippen LogP contribution in [0.4, 0.5) is 0 Å². The molecule has 3 fully saturated rings. The lowest BCUT2D eigenvalue weighted by Gasteiger charge is -2.57. The van der Waals surface area contributed by atoms with Crippen molar-refractivity contribution in [1.29, 1.82) is 0 Å². The zero-order chi connectivity index (χ0) is 13.2. The molecule has 0 aromatic heterocycles. The van der Waals surface area contributed by atoms with E-state index in [1.165, 1.54) is 25.7 Å². The summed E-state index contributed by atoms with van der Waals surface area (Å²) in [5.74, 6) is 0.788. The minimum absolute atomic E-state index is 0.0923. The van der Waals surface area contributed by atoms with Crippen molar-refractivity contribution in [2.75, 3.05) is 7.11 Å². The number of hydrogen-bond donors (Lipinski definition) is 1. The number of ether oxygens (including phenoxy) is 1. The van der Waals surface area contributed by atoms with Crippen LogP contribution in [0.1, 0.15) is 59.3 Å². The molecular formula is C16H28O2. The topological polar surface area (TPSA) is 29.5 Å². The summed E-state index contributed by atoms with van der Waals surface area (Å²) in [5, 5.41) is 10.3. The first-order chi connectivity index (χ1) is 8.34. The van der Waals surface area contributed by atoms with Crippen molar-refractivity contribution < 1.29 is 9.84 Å². The van der Waals surface area contributed by atoms with Crippen LogP contribution in [-0.4, -0.2) is 24.4 Å². The molecule has 0 aliphatic heterocycles. The van der Waals surface area contributed by atoms with Gasteiger partial charge in [-0.25, -0.2) is 0 Å². The first-order valence-electron chi connectivity index (χ1n) is 7.55. The Morgan fingerprint density at radius 3 is 2.50 bits per heavy atom. The average Bonchev–Trinajstić information content (AvgIpc) is 2.52. The number of methoxy groups -OCH3 is 1. The summed E-state index contributed by atoms with van der Waals surface area (Å²) < 4.78 is 5.89. The minimum Gasteiger partial charge on any atom is -0.393 e. The molecule has 1 N–H and O–H groups in total. The molecule has 104 valence electrons. The van der Waals surface area contributed by atoms with Crippen molar-refractivity contribution in [3.8, 4) is 0 Å². The number of rotatable bonds is 1. The Balaban J connectivity index is 2.00. The van der Waals surface area contributed by atoms with E-state index in [1.54, 1.807) is 0 Å². The van der Waals surface area contributed by atoms with Crippen molar-refractivity contribution in [2.45, 2.75) is 71.5 Å². The lowest BCUT2D eigenvalue weighted by Crippen LogP contribution is -2.54. The van der Waals surface area contributed by atoms with Gasteiger partial charge >= 0.3 is 0 Å². The fourth-order valence-electron chi connectivity index (χ4n) is 5.84. The molecule has 1 spiro atoms. The third kappa shape index (κ3) is 1.48. The third-order valence-corrected chi connectivity index (χ3v) is 6.70. The highest BCUT2D eigenvalue weighted by atomic mass is 16.5. The van der Waals surface area contributed by atoms with E-state index in [9.17, 15) is 5.11 Å². The first kappa shape index (κ1) is 12.9. The van der Waals surface area contributed by atoms with Crippen LogP contribution in [0.3, 0.4) is 0 Å². The Kier molecular flexibility index (Phi) is 2.68. The lowest BCUT2D eigenvalue weighted by atomic mass is 9.49. The van der Waals surface area contributed by atoms with Crippen molar-refractivity contribution in [3.05, 3.63) is 0 Å². The molecule has 2 bridgehead atoms. The standard InChI is InChI=1S/C16H28O2/c1-14(2)9-13(18-4)16-8-6-12(17)15(3,10-16)7-5-11(14)16/h11-13,17H,5-10H2,1-4H3/t11-,12-,13-,15+,16-/m0/s1. The second-order valence-corrected chi connectivity index (χ2v) is 8.13. The molecule has 0 heterocycles. The zero-order valence-corrected chi connectivity index (χ0v) is 12.3. The van der Waals surface area contributed by atoms with E-state index in [0.29, 0.717) is 16.9 Å². The summed E-state index contributed by atoms with van der Waals surface area (Å²) in [6.07, 6.45) is 7.30. The number of hydrogen-bond acceptors (Lipinski definition) is 2. The Labute approximate surface area is 111 Å². The van der Waals surface area contributed by atoms with Gasteiger partial charge in [-0.2, -0.15) is 0 Å². The van der Waals surface area contributed by atoms with Gasteiger partial charge in [0.25, 0.3) is 0 Å². The highest BCUT2D eigenvalue weighted by molar-refractivity contribution is 5.14. The van der Waals surface area contributed by atoms with Crippen LogP contribution in [0, 0.1) is 22.2 Å². The van der Waals surface area contributed by atoms with Crippen LogP contribution in [0.5, 0.6) is 0 Å². The lowest BCUT2D eigenvalue weighted by molar-refractivity contribution is -0.150. The van der Waals surface area contributed by atoms with Gasteiger partial charge in [0.2, 0.25) is 0 Å². The summed E-state index contributed by atoms with van der Waals surface area (Å²) in [5.41, 5.74) is 0.904. The van der Waals surface area contributed by atoms with E-state index in [1.807, 2.05) is 7.11 Å². The monoisotopic (exact) mass is 252 g/mol. The van der Waals surface area contributed by atoms with Gasteiger partial charge in [-0.15, -0.1) is 0 Å². The molecule has 0 radical (unpaired) electrons. The van der Waals surface area contributed by atoms with Crippen molar-refractivity contribution in [1.82, 2.24) is 0 Å². The van der Waals surface area contributed by atoms with Gasteiger partial charge in [0.15, 0.2) is 0 Å². The van der Waals surface area contributed by atoms with Crippen LogP contribution in [0.2, 0.25) is 0 Å². The molecule has 0 aromatic carbocycles. The molecule has 3 rings (SSSR count). The number of aliphatic hydroxyl groups excluding tert-OH is 1. The smallest absolute Gasteiger partial charge is 0.0635 e. The third-order valence-electron chi connectivity index (χ3n) is 6.70. The van der Waals surface area contributed by atoms with Crippen LogP contribution in [-0.2, 0) is 4.74 Å². The minimum atomic E-state index is -0.0923. The first-order valence-corrected chi connectivity index (χ1v) is 7.55. The predicted molar refractivity (Wildman–Crippen MR) is 72.3 cm³/mol. The molecule has 18 heavy (non-hydrogen) atoms. The number of aliphatic hydroxyl groups is 1. The van der Waals surface area contributed by atoms with Gasteiger partial charge in [0.1, 0.15) is 0 Å². The van der Waals surface area contributed by atoms with E-state index < -0.39 is 0 Å². The molecule has 5 atom stereocenters. The Bertz CT molecular complexity index is 351. The molecule has 3 saturated carbocycles. The summed E-state index contributed by atoms with van der Waals surface area (Å²) >= 11 is 0. The van der Waals surface area contributed by atoms with Crippen molar-refractivity contribution in [3.63, 3.8) is 0 Å². The molecule has 2 nitrogen and oxygen atoms in total. The SMILES string of the molecule is CO[C@H]1CC(C)(C)[C@@H]2CC[C@]3(C)C[C@]12CC[C@@H]3O. The van der Waals surface area contributed by atoms with Gasteiger partial charge in [-0.3, -0.25) is 0 Å². The van der Waals surface area contributed by atoms with E-state index in [-0.39, 0.29) is 11.5 Å². The average molecular weight is 252 g/mol. The Hall–Kier alpha value is -0.0800. The Morgan fingerprint density at radius 1 is 1.11 bits per heavy atom.